The standard InChI is InChI=1S/C25H30ClN5O5S2/c1-15(2)38(34,35)31-13-19(9-22(31)26)24(33)27-10-23(32)29-25-28-21(14-37-25)18-6-5-7-20(8-18)30-11-16(3)36-17(4)12-30/h5-9,13-17H,10-12H2,1-4H3,(H,27,33)(H,28,29,32)/t16-,17?/m0/s1. The van der Waals surface area contributed by atoms with Gasteiger partial charge in [-0.15, -0.1) is 11.3 Å². The largest absolute Gasteiger partial charge is 0.372 e. The number of amides is 2. The van der Waals surface area contributed by atoms with Crippen LogP contribution in [0.1, 0.15) is 38.1 Å². The van der Waals surface area contributed by atoms with Crippen molar-refractivity contribution in [3.8, 4) is 11.3 Å². The van der Waals surface area contributed by atoms with E-state index in [1.54, 1.807) is 0 Å². The monoisotopic (exact) mass is 579 g/mol. The maximum atomic E-state index is 12.5. The van der Waals surface area contributed by atoms with Crippen molar-refractivity contribution >= 4 is 55.6 Å². The van der Waals surface area contributed by atoms with Gasteiger partial charge in [-0.25, -0.2) is 17.4 Å². The van der Waals surface area contributed by atoms with Gasteiger partial charge >= 0.3 is 0 Å². The first-order valence-corrected chi connectivity index (χ1v) is 14.9. The summed E-state index contributed by atoms with van der Waals surface area (Å²) in [5.74, 6) is -1.09. The molecule has 204 valence electrons. The Morgan fingerprint density at radius 3 is 2.61 bits per heavy atom. The molecule has 1 saturated heterocycles. The molecule has 2 N–H and O–H groups in total. The van der Waals surface area contributed by atoms with E-state index in [2.05, 4.69) is 46.5 Å². The highest BCUT2D eigenvalue weighted by Gasteiger charge is 2.24. The van der Waals surface area contributed by atoms with Gasteiger partial charge in [0.25, 0.3) is 5.91 Å². The van der Waals surface area contributed by atoms with Gasteiger partial charge in [0, 0.05) is 35.9 Å². The van der Waals surface area contributed by atoms with Gasteiger partial charge in [-0.3, -0.25) is 9.59 Å². The minimum Gasteiger partial charge on any atom is -0.372 e. The summed E-state index contributed by atoms with van der Waals surface area (Å²) >= 11 is 7.30. The smallest absolute Gasteiger partial charge is 0.253 e. The maximum absolute atomic E-state index is 12.5. The summed E-state index contributed by atoms with van der Waals surface area (Å²) in [5.41, 5.74) is 2.78. The molecule has 0 spiro atoms. The number of ether oxygens (including phenoxy) is 1. The Hall–Kier alpha value is -2.93. The van der Waals surface area contributed by atoms with Crippen LogP contribution in [0.15, 0.2) is 41.9 Å². The first-order valence-electron chi connectivity index (χ1n) is 12.1. The first-order chi connectivity index (χ1) is 17.9. The molecular formula is C25H30ClN5O5S2. The van der Waals surface area contributed by atoms with E-state index in [9.17, 15) is 18.0 Å². The van der Waals surface area contributed by atoms with Gasteiger partial charge in [-0.2, -0.15) is 0 Å². The second-order valence-corrected chi connectivity index (χ2v) is 13.0. The molecule has 0 bridgehead atoms. The quantitative estimate of drug-likeness (QED) is 0.416. The van der Waals surface area contributed by atoms with Gasteiger partial charge in [0.15, 0.2) is 5.13 Å². The lowest BCUT2D eigenvalue weighted by Gasteiger charge is -2.37. The highest BCUT2D eigenvalue weighted by molar-refractivity contribution is 7.90. The molecule has 1 unspecified atom stereocenters. The average Bonchev–Trinajstić information content (AvgIpc) is 3.49. The third-order valence-electron chi connectivity index (χ3n) is 5.96. The topological polar surface area (TPSA) is 123 Å². The molecule has 38 heavy (non-hydrogen) atoms. The molecule has 1 aliphatic heterocycles. The van der Waals surface area contributed by atoms with Crippen LogP contribution in [-0.2, 0) is 19.6 Å². The number of carbonyl (C=O) groups is 2. The van der Waals surface area contributed by atoms with E-state index in [0.717, 1.165) is 40.2 Å². The molecule has 3 aromatic rings. The molecule has 1 fully saturated rings. The van der Waals surface area contributed by atoms with Crippen molar-refractivity contribution in [1.82, 2.24) is 14.3 Å². The highest BCUT2D eigenvalue weighted by Crippen LogP contribution is 2.29. The van der Waals surface area contributed by atoms with E-state index < -0.39 is 27.1 Å². The van der Waals surface area contributed by atoms with Crippen molar-refractivity contribution in [3.05, 3.63) is 52.6 Å². The van der Waals surface area contributed by atoms with E-state index in [4.69, 9.17) is 16.3 Å². The number of hydrogen-bond acceptors (Lipinski definition) is 8. The van der Waals surface area contributed by atoms with Gasteiger partial charge in [0.1, 0.15) is 5.15 Å². The number of morpholine rings is 1. The molecule has 2 aromatic heterocycles. The summed E-state index contributed by atoms with van der Waals surface area (Å²) in [5, 5.41) is 6.59. The van der Waals surface area contributed by atoms with E-state index >= 15 is 0 Å². The number of nitrogens with one attached hydrogen (secondary N) is 2. The molecule has 0 saturated carbocycles. The summed E-state index contributed by atoms with van der Waals surface area (Å²) < 4.78 is 31.4. The normalized spacial score (nSPS) is 18.0. The zero-order valence-corrected chi connectivity index (χ0v) is 23.9. The SMILES string of the molecule is CC1CN(c2cccc(-c3csc(NC(=O)CNC(=O)c4cc(Cl)n(S(=O)(=O)C(C)C)c4)n3)c2)C[C@H](C)O1. The number of rotatable bonds is 8. The molecule has 13 heteroatoms. The third kappa shape index (κ3) is 6.37. The molecule has 2 atom stereocenters. The number of nitrogens with zero attached hydrogens (tertiary/aromatic N) is 3. The molecular weight excluding hydrogens is 550 g/mol. The maximum Gasteiger partial charge on any atom is 0.253 e. The highest BCUT2D eigenvalue weighted by atomic mass is 35.5. The summed E-state index contributed by atoms with van der Waals surface area (Å²) in [6, 6.07) is 9.32. The van der Waals surface area contributed by atoms with Crippen LogP contribution in [0.4, 0.5) is 10.8 Å². The lowest BCUT2D eigenvalue weighted by atomic mass is 10.1. The van der Waals surface area contributed by atoms with Crippen LogP contribution in [0.5, 0.6) is 0 Å². The van der Waals surface area contributed by atoms with Crippen LogP contribution in [0.25, 0.3) is 11.3 Å². The van der Waals surface area contributed by atoms with E-state index in [0.29, 0.717) is 5.13 Å². The molecule has 0 aliphatic carbocycles. The Morgan fingerprint density at radius 1 is 1.21 bits per heavy atom. The zero-order chi connectivity index (χ0) is 27.6. The fraction of sp³-hybridized carbons (Fsp3) is 0.400. The number of aromatic nitrogens is 2. The zero-order valence-electron chi connectivity index (χ0n) is 21.5. The second kappa shape index (κ2) is 11.4. The minimum atomic E-state index is -3.72. The van der Waals surface area contributed by atoms with Crippen LogP contribution < -0.4 is 15.5 Å². The number of anilines is 2. The van der Waals surface area contributed by atoms with Gasteiger partial charge in [0.2, 0.25) is 15.9 Å². The van der Waals surface area contributed by atoms with Crippen LogP contribution in [-0.4, -0.2) is 66.3 Å². The van der Waals surface area contributed by atoms with Gasteiger partial charge in [-0.05, 0) is 45.9 Å². The van der Waals surface area contributed by atoms with E-state index in [1.807, 2.05) is 17.5 Å². The molecule has 0 radical (unpaired) electrons. The van der Waals surface area contributed by atoms with Crippen molar-refractivity contribution < 1.29 is 22.7 Å². The molecule has 4 rings (SSSR count). The Kier molecular flexibility index (Phi) is 8.46. The number of benzene rings is 1. The summed E-state index contributed by atoms with van der Waals surface area (Å²) in [4.78, 5) is 31.7. The van der Waals surface area contributed by atoms with Crippen molar-refractivity contribution in [2.75, 3.05) is 29.9 Å². The molecule has 2 amide bonds. The lowest BCUT2D eigenvalue weighted by molar-refractivity contribution is -0.115. The van der Waals surface area contributed by atoms with Crippen molar-refractivity contribution in [1.29, 1.82) is 0 Å². The van der Waals surface area contributed by atoms with Crippen molar-refractivity contribution in [2.24, 2.45) is 0 Å². The van der Waals surface area contributed by atoms with Crippen LogP contribution in [0.2, 0.25) is 5.15 Å². The molecule has 3 heterocycles. The average molecular weight is 580 g/mol. The van der Waals surface area contributed by atoms with E-state index in [1.165, 1.54) is 31.3 Å². The summed E-state index contributed by atoms with van der Waals surface area (Å²) in [7, 11) is -3.72. The van der Waals surface area contributed by atoms with Gasteiger partial charge < -0.3 is 20.3 Å². The van der Waals surface area contributed by atoms with Crippen LogP contribution in [0.3, 0.4) is 0 Å². The van der Waals surface area contributed by atoms with Crippen molar-refractivity contribution in [3.63, 3.8) is 0 Å². The lowest BCUT2D eigenvalue weighted by Crippen LogP contribution is -2.45. The number of halogens is 1. The number of hydrogen-bond donors (Lipinski definition) is 2. The number of thiazole rings is 1. The third-order valence-corrected chi connectivity index (χ3v) is 9.15. The fourth-order valence-electron chi connectivity index (χ4n) is 4.10. The minimum absolute atomic E-state index is 0.0347. The first kappa shape index (κ1) is 28.1. The Morgan fingerprint density at radius 2 is 1.92 bits per heavy atom. The van der Waals surface area contributed by atoms with Crippen molar-refractivity contribution in [2.45, 2.75) is 45.2 Å². The summed E-state index contributed by atoms with van der Waals surface area (Å²) in [6.07, 6.45) is 1.44. The fourth-order valence-corrected chi connectivity index (χ4v) is 6.31. The van der Waals surface area contributed by atoms with Gasteiger partial charge in [0.05, 0.1) is 35.3 Å². The predicted octanol–water partition coefficient (Wildman–Crippen LogP) is 3.83. The number of carbonyl (C=O) groups excluding carboxylic acids is 2. The van der Waals surface area contributed by atoms with Gasteiger partial charge in [-0.1, -0.05) is 23.7 Å². The molecule has 10 nitrogen and oxygen atoms in total. The Bertz CT molecular complexity index is 1430. The summed E-state index contributed by atoms with van der Waals surface area (Å²) in [6.45, 7) is 8.45. The second-order valence-electron chi connectivity index (χ2n) is 9.42. The predicted molar refractivity (Wildman–Crippen MR) is 150 cm³/mol. The van der Waals surface area contributed by atoms with E-state index in [-0.39, 0.29) is 29.5 Å². The Balaban J connectivity index is 1.35. The van der Waals surface area contributed by atoms with Crippen LogP contribution >= 0.6 is 22.9 Å². The Labute approximate surface area is 231 Å². The van der Waals surface area contributed by atoms with Crippen LogP contribution in [0, 0.1) is 0 Å². The molecule has 1 aromatic carbocycles. The molecule has 1 aliphatic rings.